The molecular formula is C26H24N2O2. The van der Waals surface area contributed by atoms with Gasteiger partial charge < -0.3 is 10.6 Å². The summed E-state index contributed by atoms with van der Waals surface area (Å²) in [5, 5.41) is 5.54. The molecule has 30 heavy (non-hydrogen) atoms. The Kier molecular flexibility index (Phi) is 6.28. The van der Waals surface area contributed by atoms with Gasteiger partial charge in [-0.3, -0.25) is 9.59 Å². The standard InChI is InChI=1S/C26H24N2O2/c1-17(21-9-13-23(14-10-21)27-19(3)29)25-7-5-6-8-26(25)18(2)22-11-15-24(16-12-22)28-20(4)30/h5-16H,1-2H2,3-4H3,(H,27,29)(H,28,30). The lowest BCUT2D eigenvalue weighted by Gasteiger charge is -2.15. The molecule has 2 amide bonds. The van der Waals surface area contributed by atoms with Crippen molar-refractivity contribution in [2.45, 2.75) is 13.8 Å². The van der Waals surface area contributed by atoms with Gasteiger partial charge >= 0.3 is 0 Å². The van der Waals surface area contributed by atoms with Crippen molar-refractivity contribution in [2.24, 2.45) is 0 Å². The van der Waals surface area contributed by atoms with Gasteiger partial charge in [0.2, 0.25) is 11.8 Å². The van der Waals surface area contributed by atoms with Gasteiger partial charge in [-0.05, 0) is 57.7 Å². The number of nitrogens with one attached hydrogen (secondary N) is 2. The molecule has 4 heteroatoms. The summed E-state index contributed by atoms with van der Waals surface area (Å²) < 4.78 is 0. The zero-order valence-corrected chi connectivity index (χ0v) is 17.2. The SMILES string of the molecule is C=C(c1ccc(NC(C)=O)cc1)c1ccccc1C(=C)c1ccc(NC(C)=O)cc1. The van der Waals surface area contributed by atoms with E-state index in [2.05, 4.69) is 23.8 Å². The van der Waals surface area contributed by atoms with Gasteiger partial charge in [0.15, 0.2) is 0 Å². The molecule has 150 valence electrons. The summed E-state index contributed by atoms with van der Waals surface area (Å²) in [6.45, 7) is 11.6. The van der Waals surface area contributed by atoms with Crippen LogP contribution in [0.4, 0.5) is 11.4 Å². The van der Waals surface area contributed by atoms with Crippen molar-refractivity contribution in [2.75, 3.05) is 10.6 Å². The second kappa shape index (κ2) is 9.05. The minimum Gasteiger partial charge on any atom is -0.326 e. The predicted octanol–water partition coefficient (Wildman–Crippen LogP) is 5.73. The van der Waals surface area contributed by atoms with E-state index in [1.165, 1.54) is 13.8 Å². The highest BCUT2D eigenvalue weighted by atomic mass is 16.2. The number of carbonyl (C=O) groups excluding carboxylic acids is 2. The van der Waals surface area contributed by atoms with Crippen LogP contribution in [0.2, 0.25) is 0 Å². The van der Waals surface area contributed by atoms with E-state index in [0.29, 0.717) is 0 Å². The molecule has 0 aliphatic heterocycles. The molecule has 2 N–H and O–H groups in total. The van der Waals surface area contributed by atoms with E-state index < -0.39 is 0 Å². The van der Waals surface area contributed by atoms with Gasteiger partial charge in [-0.2, -0.15) is 0 Å². The van der Waals surface area contributed by atoms with Crippen LogP contribution in [0.15, 0.2) is 86.0 Å². The zero-order valence-electron chi connectivity index (χ0n) is 17.2. The lowest BCUT2D eigenvalue weighted by molar-refractivity contribution is -0.115. The van der Waals surface area contributed by atoms with E-state index in [9.17, 15) is 9.59 Å². The van der Waals surface area contributed by atoms with Crippen LogP contribution in [0.3, 0.4) is 0 Å². The van der Waals surface area contributed by atoms with E-state index in [1.807, 2.05) is 72.8 Å². The van der Waals surface area contributed by atoms with E-state index in [4.69, 9.17) is 0 Å². The summed E-state index contributed by atoms with van der Waals surface area (Å²) in [5.41, 5.74) is 7.14. The first kappa shape index (κ1) is 20.8. The van der Waals surface area contributed by atoms with Crippen LogP contribution in [-0.4, -0.2) is 11.8 Å². The van der Waals surface area contributed by atoms with Gasteiger partial charge in [-0.1, -0.05) is 61.7 Å². The summed E-state index contributed by atoms with van der Waals surface area (Å²) in [4.78, 5) is 22.4. The number of amides is 2. The van der Waals surface area contributed by atoms with E-state index >= 15 is 0 Å². The van der Waals surface area contributed by atoms with E-state index in [-0.39, 0.29) is 11.8 Å². The fourth-order valence-electron chi connectivity index (χ4n) is 3.24. The molecule has 0 saturated heterocycles. The molecule has 0 aromatic heterocycles. The van der Waals surface area contributed by atoms with E-state index in [1.54, 1.807) is 0 Å². The third-order valence-corrected chi connectivity index (χ3v) is 4.68. The third kappa shape index (κ3) is 4.92. The van der Waals surface area contributed by atoms with Gasteiger partial charge in [0, 0.05) is 25.2 Å². The van der Waals surface area contributed by atoms with Gasteiger partial charge in [-0.25, -0.2) is 0 Å². The third-order valence-electron chi connectivity index (χ3n) is 4.68. The summed E-state index contributed by atoms with van der Waals surface area (Å²) in [6.07, 6.45) is 0. The summed E-state index contributed by atoms with van der Waals surface area (Å²) in [5.74, 6) is -0.208. The average Bonchev–Trinajstić information content (AvgIpc) is 2.73. The second-order valence-corrected chi connectivity index (χ2v) is 7.02. The van der Waals surface area contributed by atoms with Crippen molar-refractivity contribution in [3.8, 4) is 0 Å². The van der Waals surface area contributed by atoms with Crippen LogP contribution in [-0.2, 0) is 9.59 Å². The Labute approximate surface area is 177 Å². The smallest absolute Gasteiger partial charge is 0.221 e. The van der Waals surface area contributed by atoms with Gasteiger partial charge in [0.1, 0.15) is 0 Å². The number of anilines is 2. The Morgan fingerprint density at radius 3 is 1.23 bits per heavy atom. The fourth-order valence-corrected chi connectivity index (χ4v) is 3.24. The maximum Gasteiger partial charge on any atom is 0.221 e. The second-order valence-electron chi connectivity index (χ2n) is 7.02. The maximum absolute atomic E-state index is 11.2. The molecule has 3 aromatic rings. The molecule has 0 unspecified atom stereocenters. The van der Waals surface area contributed by atoms with Crippen LogP contribution < -0.4 is 10.6 Å². The summed E-state index contributed by atoms with van der Waals surface area (Å²) in [7, 11) is 0. The van der Waals surface area contributed by atoms with Crippen LogP contribution in [0, 0.1) is 0 Å². The molecule has 0 fully saturated rings. The molecule has 0 radical (unpaired) electrons. The van der Waals surface area contributed by atoms with Crippen molar-refractivity contribution in [1.82, 2.24) is 0 Å². The number of hydrogen-bond donors (Lipinski definition) is 2. The van der Waals surface area contributed by atoms with Crippen LogP contribution in [0.1, 0.15) is 36.1 Å². The van der Waals surface area contributed by atoms with Gasteiger partial charge in [0.25, 0.3) is 0 Å². The molecular weight excluding hydrogens is 372 g/mol. The minimum absolute atomic E-state index is 0.104. The van der Waals surface area contributed by atoms with Crippen molar-refractivity contribution in [3.63, 3.8) is 0 Å². The molecule has 3 rings (SSSR count). The van der Waals surface area contributed by atoms with Crippen molar-refractivity contribution in [3.05, 3.63) is 108 Å². The van der Waals surface area contributed by atoms with Crippen molar-refractivity contribution in [1.29, 1.82) is 0 Å². The Balaban J connectivity index is 1.88. The monoisotopic (exact) mass is 396 g/mol. The largest absolute Gasteiger partial charge is 0.326 e. The Morgan fingerprint density at radius 1 is 0.600 bits per heavy atom. The highest BCUT2D eigenvalue weighted by Gasteiger charge is 2.12. The number of rotatable bonds is 6. The Morgan fingerprint density at radius 2 is 0.933 bits per heavy atom. The molecule has 0 aliphatic carbocycles. The molecule has 0 heterocycles. The summed E-state index contributed by atoms with van der Waals surface area (Å²) in [6, 6.07) is 23.2. The van der Waals surface area contributed by atoms with Crippen LogP contribution in [0.5, 0.6) is 0 Å². The van der Waals surface area contributed by atoms with Crippen molar-refractivity contribution >= 4 is 34.3 Å². The highest BCUT2D eigenvalue weighted by molar-refractivity contribution is 5.92. The maximum atomic E-state index is 11.2. The first-order valence-corrected chi connectivity index (χ1v) is 9.59. The molecule has 0 aliphatic rings. The van der Waals surface area contributed by atoms with Gasteiger partial charge in [0.05, 0.1) is 0 Å². The Bertz CT molecular complexity index is 1020. The molecule has 0 spiro atoms. The number of carbonyl (C=O) groups is 2. The van der Waals surface area contributed by atoms with Gasteiger partial charge in [-0.15, -0.1) is 0 Å². The normalized spacial score (nSPS) is 10.2. The lowest BCUT2D eigenvalue weighted by atomic mass is 9.89. The zero-order chi connectivity index (χ0) is 21.7. The molecule has 3 aromatic carbocycles. The fraction of sp³-hybridized carbons (Fsp3) is 0.0769. The quantitative estimate of drug-likeness (QED) is 0.559. The molecule has 0 saturated carbocycles. The van der Waals surface area contributed by atoms with Crippen LogP contribution >= 0.6 is 0 Å². The average molecular weight is 396 g/mol. The van der Waals surface area contributed by atoms with Crippen LogP contribution in [0.25, 0.3) is 11.1 Å². The number of benzene rings is 3. The summed E-state index contributed by atoms with van der Waals surface area (Å²) >= 11 is 0. The first-order valence-electron chi connectivity index (χ1n) is 9.59. The van der Waals surface area contributed by atoms with Crippen molar-refractivity contribution < 1.29 is 9.59 Å². The first-order chi connectivity index (χ1) is 14.3. The molecule has 0 atom stereocenters. The minimum atomic E-state index is -0.104. The topological polar surface area (TPSA) is 58.2 Å². The lowest BCUT2D eigenvalue weighted by Crippen LogP contribution is -2.05. The van der Waals surface area contributed by atoms with E-state index in [0.717, 1.165) is 44.8 Å². The number of hydrogen-bond acceptors (Lipinski definition) is 2. The highest BCUT2D eigenvalue weighted by Crippen LogP contribution is 2.32. The predicted molar refractivity (Wildman–Crippen MR) is 124 cm³/mol. The molecule has 0 bridgehead atoms. The Hall–Kier alpha value is -3.92. The molecule has 4 nitrogen and oxygen atoms in total.